The summed E-state index contributed by atoms with van der Waals surface area (Å²) in [5.74, 6) is 1.44. The Balaban J connectivity index is 2.30. The zero-order valence-electron chi connectivity index (χ0n) is 5.85. The van der Waals surface area contributed by atoms with Crippen LogP contribution in [0.1, 0.15) is 12.8 Å². The first-order valence-electron chi connectivity index (χ1n) is 3.18. The lowest BCUT2D eigenvalue weighted by molar-refractivity contribution is 0.199. The number of nitrogens with one attached hydrogen (secondary N) is 1. The van der Waals surface area contributed by atoms with Gasteiger partial charge < -0.3 is 4.84 Å². The molecule has 0 unspecified atom stereocenters. The van der Waals surface area contributed by atoms with Crippen molar-refractivity contribution in [1.82, 2.24) is 5.48 Å². The third-order valence-corrected chi connectivity index (χ3v) is 1.35. The van der Waals surface area contributed by atoms with Crippen molar-refractivity contribution in [3.8, 4) is 0 Å². The predicted molar refractivity (Wildman–Crippen MR) is 36.2 cm³/mol. The Kier molecular flexibility index (Phi) is 2.05. The van der Waals surface area contributed by atoms with Crippen molar-refractivity contribution in [1.29, 1.82) is 0 Å². The van der Waals surface area contributed by atoms with Gasteiger partial charge in [0.15, 0.2) is 0 Å². The fourth-order valence-electron chi connectivity index (χ4n) is 0.746. The second-order valence-corrected chi connectivity index (χ2v) is 2.14. The summed E-state index contributed by atoms with van der Waals surface area (Å²) < 4.78 is 0. The van der Waals surface area contributed by atoms with Crippen LogP contribution in [0.4, 0.5) is 0 Å². The van der Waals surface area contributed by atoms with Gasteiger partial charge in [0.25, 0.3) is 0 Å². The molecule has 3 heteroatoms. The van der Waals surface area contributed by atoms with Crippen LogP contribution < -0.4 is 5.48 Å². The van der Waals surface area contributed by atoms with Gasteiger partial charge >= 0.3 is 0 Å². The Morgan fingerprint density at radius 3 is 2.67 bits per heavy atom. The van der Waals surface area contributed by atoms with Gasteiger partial charge in [-0.2, -0.15) is 5.48 Å². The zero-order chi connectivity index (χ0) is 6.69. The lowest BCUT2D eigenvalue weighted by Crippen LogP contribution is -2.16. The van der Waals surface area contributed by atoms with Crippen molar-refractivity contribution in [3.05, 3.63) is 0 Å². The lowest BCUT2D eigenvalue weighted by Gasteiger charge is -2.02. The summed E-state index contributed by atoms with van der Waals surface area (Å²) in [6, 6.07) is 0. The van der Waals surface area contributed by atoms with E-state index in [4.69, 9.17) is 4.84 Å². The van der Waals surface area contributed by atoms with Crippen molar-refractivity contribution < 1.29 is 4.84 Å². The highest BCUT2D eigenvalue weighted by Gasteiger charge is 2.28. The minimum Gasteiger partial charge on any atom is -0.393 e. The molecule has 1 aliphatic carbocycles. The number of rotatable bonds is 2. The maximum absolute atomic E-state index is 5.02. The first kappa shape index (κ1) is 6.55. The Labute approximate surface area is 55.1 Å². The van der Waals surface area contributed by atoms with E-state index in [-0.39, 0.29) is 0 Å². The van der Waals surface area contributed by atoms with E-state index in [1.165, 1.54) is 12.8 Å². The fraction of sp³-hybridized carbons (Fsp3) is 0.833. The Hall–Kier alpha value is -0.570. The molecule has 1 fully saturated rings. The molecule has 0 heterocycles. The first-order valence-corrected chi connectivity index (χ1v) is 3.18. The molecule has 1 aliphatic rings. The summed E-state index contributed by atoms with van der Waals surface area (Å²) in [6.07, 6.45) is 2.46. The van der Waals surface area contributed by atoms with E-state index in [0.29, 0.717) is 5.92 Å². The largest absolute Gasteiger partial charge is 0.393 e. The molecule has 0 amide bonds. The molecule has 1 rings (SSSR count). The molecule has 0 aliphatic heterocycles. The van der Waals surface area contributed by atoms with Gasteiger partial charge in [0.1, 0.15) is 0 Å². The molecule has 9 heavy (non-hydrogen) atoms. The molecule has 0 saturated heterocycles. The molecule has 1 saturated carbocycles. The van der Waals surface area contributed by atoms with E-state index in [2.05, 4.69) is 10.5 Å². The molecule has 0 aromatic rings. The second kappa shape index (κ2) is 2.82. The van der Waals surface area contributed by atoms with Gasteiger partial charge in [-0.25, -0.2) is 0 Å². The van der Waals surface area contributed by atoms with Crippen molar-refractivity contribution in [2.45, 2.75) is 12.8 Å². The summed E-state index contributed by atoms with van der Waals surface area (Å²) in [5, 5.41) is 0. The van der Waals surface area contributed by atoms with Crippen LogP contribution in [0.25, 0.3) is 0 Å². The maximum Gasteiger partial charge on any atom is 0.212 e. The molecule has 0 atom stereocenters. The Morgan fingerprint density at radius 2 is 2.33 bits per heavy atom. The van der Waals surface area contributed by atoms with Crippen molar-refractivity contribution in [2.24, 2.45) is 10.9 Å². The van der Waals surface area contributed by atoms with Crippen molar-refractivity contribution in [2.75, 3.05) is 14.1 Å². The van der Waals surface area contributed by atoms with Gasteiger partial charge in [0.05, 0.1) is 0 Å². The highest BCUT2D eigenvalue weighted by molar-refractivity contribution is 5.80. The molecular formula is C6H12N2O. The van der Waals surface area contributed by atoms with Gasteiger partial charge in [-0.3, -0.25) is 4.99 Å². The van der Waals surface area contributed by atoms with Crippen LogP contribution in [0.2, 0.25) is 0 Å². The van der Waals surface area contributed by atoms with Gasteiger partial charge in [0, 0.05) is 20.0 Å². The standard InChI is InChI=1S/C6H12N2O/c1-7-6(9-8-2)5-3-4-5/h5,8H,3-4H2,1-2H3/b7-6-. The lowest BCUT2D eigenvalue weighted by atomic mass is 10.4. The number of hydroxylamine groups is 1. The smallest absolute Gasteiger partial charge is 0.212 e. The van der Waals surface area contributed by atoms with E-state index >= 15 is 0 Å². The summed E-state index contributed by atoms with van der Waals surface area (Å²) in [4.78, 5) is 8.99. The first-order chi connectivity index (χ1) is 4.38. The molecule has 1 N–H and O–H groups in total. The number of hydrogen-bond acceptors (Lipinski definition) is 3. The molecule has 52 valence electrons. The molecule has 0 spiro atoms. The van der Waals surface area contributed by atoms with Crippen LogP contribution in [0.15, 0.2) is 4.99 Å². The second-order valence-electron chi connectivity index (χ2n) is 2.14. The van der Waals surface area contributed by atoms with E-state index in [1.54, 1.807) is 14.1 Å². The minimum absolute atomic E-state index is 0.599. The van der Waals surface area contributed by atoms with Crippen LogP contribution in [-0.4, -0.2) is 20.0 Å². The molecule has 0 radical (unpaired) electrons. The predicted octanol–water partition coefficient (Wildman–Crippen LogP) is 0.576. The fourth-order valence-corrected chi connectivity index (χ4v) is 0.746. The average molecular weight is 128 g/mol. The summed E-state index contributed by atoms with van der Waals surface area (Å²) >= 11 is 0. The van der Waals surface area contributed by atoms with Gasteiger partial charge in [0.2, 0.25) is 5.90 Å². The molecule has 3 nitrogen and oxygen atoms in total. The average Bonchev–Trinajstić information content (AvgIpc) is 2.64. The van der Waals surface area contributed by atoms with Crippen LogP contribution in [0.3, 0.4) is 0 Å². The normalized spacial score (nSPS) is 20.0. The van der Waals surface area contributed by atoms with Crippen LogP contribution in [0.5, 0.6) is 0 Å². The summed E-state index contributed by atoms with van der Waals surface area (Å²) in [6.45, 7) is 0. The van der Waals surface area contributed by atoms with Crippen molar-refractivity contribution >= 4 is 5.90 Å². The third-order valence-electron chi connectivity index (χ3n) is 1.35. The minimum atomic E-state index is 0.599. The van der Waals surface area contributed by atoms with E-state index < -0.39 is 0 Å². The van der Waals surface area contributed by atoms with E-state index in [1.807, 2.05) is 0 Å². The number of nitrogens with zero attached hydrogens (tertiary/aromatic N) is 1. The van der Waals surface area contributed by atoms with E-state index in [0.717, 1.165) is 5.90 Å². The van der Waals surface area contributed by atoms with Crippen LogP contribution in [0, 0.1) is 5.92 Å². The van der Waals surface area contributed by atoms with E-state index in [9.17, 15) is 0 Å². The monoisotopic (exact) mass is 128 g/mol. The van der Waals surface area contributed by atoms with Gasteiger partial charge in [-0.15, -0.1) is 0 Å². The number of hydrogen-bond donors (Lipinski definition) is 1. The summed E-state index contributed by atoms with van der Waals surface area (Å²) in [7, 11) is 3.50. The zero-order valence-corrected chi connectivity index (χ0v) is 5.85. The van der Waals surface area contributed by atoms with Gasteiger partial charge in [-0.05, 0) is 12.8 Å². The highest BCUT2D eigenvalue weighted by atomic mass is 16.7. The van der Waals surface area contributed by atoms with Gasteiger partial charge in [-0.1, -0.05) is 0 Å². The molecule has 0 aromatic heterocycles. The SMILES string of the molecule is C/N=C(\ONC)C1CC1. The third kappa shape index (κ3) is 1.68. The van der Waals surface area contributed by atoms with Crippen molar-refractivity contribution in [3.63, 3.8) is 0 Å². The molecular weight excluding hydrogens is 116 g/mol. The van der Waals surface area contributed by atoms with Crippen LogP contribution in [-0.2, 0) is 4.84 Å². The topological polar surface area (TPSA) is 33.6 Å². The summed E-state index contributed by atoms with van der Waals surface area (Å²) in [5.41, 5.74) is 2.61. The van der Waals surface area contributed by atoms with Crippen LogP contribution >= 0.6 is 0 Å². The quantitative estimate of drug-likeness (QED) is 0.335. The molecule has 0 aromatic carbocycles. The number of aliphatic imine (C=N–C) groups is 1. The molecule has 0 bridgehead atoms. The highest BCUT2D eigenvalue weighted by Crippen LogP contribution is 2.30. The maximum atomic E-state index is 5.02. The Bertz CT molecular complexity index is 118. The Morgan fingerprint density at radius 1 is 1.67 bits per heavy atom.